The minimum absolute atomic E-state index is 0. The van der Waals surface area contributed by atoms with Gasteiger partial charge in [-0.05, 0) is 0 Å². The van der Waals surface area contributed by atoms with Crippen molar-refractivity contribution < 1.29 is 32.7 Å². The summed E-state index contributed by atoms with van der Waals surface area (Å²) < 4.78 is 0. The summed E-state index contributed by atoms with van der Waals surface area (Å²) in [6, 6.07) is 0. The van der Waals surface area contributed by atoms with E-state index in [1.807, 2.05) is 0 Å². The van der Waals surface area contributed by atoms with Crippen LogP contribution < -0.4 is 0 Å². The van der Waals surface area contributed by atoms with E-state index >= 15 is 0 Å². The summed E-state index contributed by atoms with van der Waals surface area (Å²) in [7, 11) is 2.17. The number of hydrogen-bond acceptors (Lipinski definition) is 0. The third-order valence-electron chi connectivity index (χ3n) is 0.667. The molecule has 0 aliphatic carbocycles. The zero-order valence-corrected chi connectivity index (χ0v) is 7.57. The van der Waals surface area contributed by atoms with E-state index in [1.54, 1.807) is 0 Å². The Labute approximate surface area is 66.2 Å². The molecule has 0 atom stereocenters. The second kappa shape index (κ2) is 6.17. The molecule has 0 heterocycles. The molecule has 0 aliphatic rings. The van der Waals surface area contributed by atoms with Crippen LogP contribution in [0.25, 0.3) is 0 Å². The van der Waals surface area contributed by atoms with Gasteiger partial charge in [0.25, 0.3) is 0 Å². The molecule has 6 heavy (non-hydrogen) atoms. The third-order valence-corrected chi connectivity index (χ3v) is 0.667. The molecule has 0 fully saturated rings. The molecule has 2 radical (unpaired) electrons. The van der Waals surface area contributed by atoms with Crippen LogP contribution >= 0.6 is 0 Å². The van der Waals surface area contributed by atoms with E-state index < -0.39 is 0 Å². The van der Waals surface area contributed by atoms with Gasteiger partial charge in [0.1, 0.15) is 7.28 Å². The first-order valence-electron chi connectivity index (χ1n) is 2.07. The van der Waals surface area contributed by atoms with Crippen molar-refractivity contribution in [2.24, 2.45) is 0 Å². The quantitative estimate of drug-likeness (QED) is 0.508. The number of hydrogen-bond donors (Lipinski definition) is 0. The van der Waals surface area contributed by atoms with Crippen molar-refractivity contribution in [3.8, 4) is 0 Å². The van der Waals surface area contributed by atoms with Crippen molar-refractivity contribution in [2.45, 2.75) is 26.5 Å². The summed E-state index contributed by atoms with van der Waals surface area (Å²) in [4.78, 5) is 0. The van der Waals surface area contributed by atoms with Crippen molar-refractivity contribution in [3.63, 3.8) is 0 Å². The van der Waals surface area contributed by atoms with Crippen molar-refractivity contribution in [2.75, 3.05) is 0 Å². The van der Waals surface area contributed by atoms with Crippen LogP contribution in [-0.2, 0) is 32.7 Å². The summed E-state index contributed by atoms with van der Waals surface area (Å²) in [5.41, 5.74) is 0. The van der Waals surface area contributed by atoms with E-state index in [0.717, 1.165) is 5.82 Å². The fourth-order valence-corrected chi connectivity index (χ4v) is 0. The monoisotopic (exact) mass is 158 g/mol. The van der Waals surface area contributed by atoms with Gasteiger partial charge >= 0.3 is 0 Å². The van der Waals surface area contributed by atoms with Crippen LogP contribution in [0.3, 0.4) is 0 Å². The van der Waals surface area contributed by atoms with Crippen LogP contribution in [0.1, 0.15) is 13.8 Å². The second-order valence-electron chi connectivity index (χ2n) is 1.58. The largest absolute Gasteiger partial charge is 0.109 e. The molecule has 2 heteroatoms. The smallest absolute Gasteiger partial charge is 0.0917 e. The Morgan fingerprint density at radius 1 is 1.33 bits per heavy atom. The maximum Gasteiger partial charge on any atom is 0.109 e. The average Bonchev–Trinajstić information content (AvgIpc) is 1.38. The van der Waals surface area contributed by atoms with Crippen LogP contribution in [-0.4, -0.2) is 7.28 Å². The van der Waals surface area contributed by atoms with E-state index in [-0.39, 0.29) is 32.7 Å². The maximum atomic E-state index is 2.17. The zero-order valence-electron chi connectivity index (χ0n) is 4.73. The molecular formula is C4H10BY. The van der Waals surface area contributed by atoms with Crippen molar-refractivity contribution >= 4 is 7.28 Å². The van der Waals surface area contributed by atoms with Crippen molar-refractivity contribution in [1.29, 1.82) is 0 Å². The molecule has 0 aromatic carbocycles. The average molecular weight is 158 g/mol. The van der Waals surface area contributed by atoms with Gasteiger partial charge in [-0.1, -0.05) is 26.5 Å². The molecule has 0 aliphatic heterocycles. The summed E-state index contributed by atoms with van der Waals surface area (Å²) >= 11 is 0. The first-order chi connectivity index (χ1) is 2.27. The Kier molecular flexibility index (Phi) is 10.5. The molecule has 0 amide bonds. The van der Waals surface area contributed by atoms with Gasteiger partial charge in [0.15, 0.2) is 0 Å². The van der Waals surface area contributed by atoms with Gasteiger partial charge in [-0.2, -0.15) is 0 Å². The van der Waals surface area contributed by atoms with Crippen LogP contribution in [0, 0.1) is 0 Å². The summed E-state index contributed by atoms with van der Waals surface area (Å²) in [5.74, 6) is 0.759. The van der Waals surface area contributed by atoms with E-state index in [9.17, 15) is 0 Å². The Hall–Kier alpha value is 1.17. The van der Waals surface area contributed by atoms with Crippen LogP contribution in [0.4, 0.5) is 0 Å². The van der Waals surface area contributed by atoms with Gasteiger partial charge in [0.2, 0.25) is 0 Å². The van der Waals surface area contributed by atoms with E-state index in [2.05, 4.69) is 28.0 Å². The maximum absolute atomic E-state index is 2.17. The Balaban J connectivity index is 0. The van der Waals surface area contributed by atoms with E-state index in [0.29, 0.717) is 0 Å². The fourth-order valence-electron chi connectivity index (χ4n) is 0. The molecule has 0 rings (SSSR count). The van der Waals surface area contributed by atoms with E-state index in [4.69, 9.17) is 0 Å². The predicted octanol–water partition coefficient (Wildman–Crippen LogP) is 1.56. The molecule has 0 aromatic rings. The molecule has 0 nitrogen and oxygen atoms in total. The van der Waals surface area contributed by atoms with Gasteiger partial charge in [0, 0.05) is 32.7 Å². The molecule has 0 saturated heterocycles. The predicted molar refractivity (Wildman–Crippen MR) is 26.7 cm³/mol. The summed E-state index contributed by atoms with van der Waals surface area (Å²) in [6.45, 7) is 6.41. The second-order valence-corrected chi connectivity index (χ2v) is 1.58. The Morgan fingerprint density at radius 2 is 1.50 bits per heavy atom. The summed E-state index contributed by atoms with van der Waals surface area (Å²) in [5, 5.41) is 0. The normalized spacial score (nSPS) is 7.33. The standard InChI is InChI=1S/C4H10B.Y/c1-4(2)5-3;/h4H,1-3H3;. The first kappa shape index (κ1) is 10.2. The molecule has 0 unspecified atom stereocenters. The van der Waals surface area contributed by atoms with Gasteiger partial charge < -0.3 is 0 Å². The SMILES string of the molecule is C[B]C(C)C.[Y]. The Bertz CT molecular complexity index is 21.5. The zero-order chi connectivity index (χ0) is 4.28. The van der Waals surface area contributed by atoms with Gasteiger partial charge in [-0.3, -0.25) is 0 Å². The van der Waals surface area contributed by atoms with Crippen molar-refractivity contribution in [1.82, 2.24) is 0 Å². The molecule has 32 valence electrons. The number of rotatable bonds is 1. The molecule has 0 aromatic heterocycles. The molecule has 0 spiro atoms. The van der Waals surface area contributed by atoms with Crippen LogP contribution in [0.15, 0.2) is 0 Å². The fraction of sp³-hybridized carbons (Fsp3) is 1.00. The van der Waals surface area contributed by atoms with Crippen LogP contribution in [0.5, 0.6) is 0 Å². The Morgan fingerprint density at radius 3 is 1.50 bits per heavy atom. The van der Waals surface area contributed by atoms with Crippen molar-refractivity contribution in [3.05, 3.63) is 0 Å². The molecule has 0 N–H and O–H groups in total. The van der Waals surface area contributed by atoms with Gasteiger partial charge in [-0.15, -0.1) is 0 Å². The molecular weight excluding hydrogens is 148 g/mol. The third kappa shape index (κ3) is 8.95. The van der Waals surface area contributed by atoms with Crippen LogP contribution in [0.2, 0.25) is 12.6 Å². The topological polar surface area (TPSA) is 0 Å². The van der Waals surface area contributed by atoms with Gasteiger partial charge in [0.05, 0.1) is 0 Å². The summed E-state index contributed by atoms with van der Waals surface area (Å²) in [6.07, 6.45) is 0. The minimum atomic E-state index is 0. The van der Waals surface area contributed by atoms with Gasteiger partial charge in [-0.25, -0.2) is 0 Å². The first-order valence-corrected chi connectivity index (χ1v) is 2.07. The molecule has 0 bridgehead atoms. The molecule has 0 saturated carbocycles. The minimum Gasteiger partial charge on any atom is -0.0917 e. The van der Waals surface area contributed by atoms with E-state index in [1.165, 1.54) is 0 Å².